The molecule has 0 unspecified atom stereocenters. The molecule has 6 rings (SSSR count). The van der Waals surface area contributed by atoms with Gasteiger partial charge in [0.25, 0.3) is 0 Å². The van der Waals surface area contributed by atoms with Gasteiger partial charge in [-0.2, -0.15) is 12.1 Å². The van der Waals surface area contributed by atoms with Crippen LogP contribution in [0.2, 0.25) is 0 Å². The van der Waals surface area contributed by atoms with E-state index in [0.29, 0.717) is 0 Å². The maximum Gasteiger partial charge on any atom is 0 e. The quantitative estimate of drug-likeness (QED) is 0.164. The van der Waals surface area contributed by atoms with Gasteiger partial charge in [-0.05, 0) is 23.6 Å². The van der Waals surface area contributed by atoms with Crippen molar-refractivity contribution in [2.75, 3.05) is 0 Å². The molecule has 0 aromatic heterocycles. The summed E-state index contributed by atoms with van der Waals surface area (Å²) in [6.07, 6.45) is 8.27. The number of rotatable bonds is 6. The van der Waals surface area contributed by atoms with Gasteiger partial charge in [-0.1, -0.05) is 111 Å². The molecule has 0 atom stereocenters. The maximum atomic E-state index is 3.38. The van der Waals surface area contributed by atoms with Gasteiger partial charge in [0.2, 0.25) is 0 Å². The molecule has 0 heterocycles. The van der Waals surface area contributed by atoms with E-state index in [0.717, 1.165) is 6.42 Å². The number of benzene rings is 4. The van der Waals surface area contributed by atoms with Gasteiger partial charge in [-0.15, -0.1) is 56.9 Å². The molecular formula is C37H40Cl2Hf-6. The number of hydrogen-bond acceptors (Lipinski definition) is 0. The Morgan fingerprint density at radius 2 is 0.925 bits per heavy atom. The largest absolute Gasteiger partial charge is 1.00 e. The molecule has 0 aliphatic rings. The zero-order valence-electron chi connectivity index (χ0n) is 23.9. The summed E-state index contributed by atoms with van der Waals surface area (Å²) in [6, 6.07) is 35.6. The molecule has 0 aliphatic heterocycles. The maximum absolute atomic E-state index is 3.38. The Hall–Kier alpha value is -1.93. The third-order valence-corrected chi connectivity index (χ3v) is 6.99. The second-order valence-electron chi connectivity index (χ2n) is 9.87. The van der Waals surface area contributed by atoms with E-state index >= 15 is 0 Å². The van der Waals surface area contributed by atoms with Crippen LogP contribution in [0.4, 0.5) is 0 Å². The first-order valence-electron chi connectivity index (χ1n) is 13.9. The van der Waals surface area contributed by atoms with Crippen LogP contribution >= 0.6 is 0 Å². The molecule has 0 aliphatic carbocycles. The van der Waals surface area contributed by atoms with E-state index in [2.05, 4.69) is 125 Å². The summed E-state index contributed by atoms with van der Waals surface area (Å²) in [7, 11) is 0. The first-order valence-corrected chi connectivity index (χ1v) is 13.9. The van der Waals surface area contributed by atoms with Crippen LogP contribution in [0.25, 0.3) is 43.1 Å². The van der Waals surface area contributed by atoms with Crippen molar-refractivity contribution in [1.82, 2.24) is 0 Å². The minimum absolute atomic E-state index is 0. The van der Waals surface area contributed by atoms with Crippen LogP contribution < -0.4 is 24.8 Å². The van der Waals surface area contributed by atoms with Crippen molar-refractivity contribution in [2.24, 2.45) is 0 Å². The van der Waals surface area contributed by atoms with Crippen LogP contribution in [0.15, 0.2) is 97.1 Å². The van der Waals surface area contributed by atoms with Crippen molar-refractivity contribution in [3.63, 3.8) is 0 Å². The Balaban J connectivity index is 0.000000341. The van der Waals surface area contributed by atoms with Crippen molar-refractivity contribution in [1.29, 1.82) is 0 Å². The molecule has 0 nitrogen and oxygen atoms in total. The molecule has 0 fully saturated rings. The fraction of sp³-hybridized carbons (Fsp3) is 0.243. The molecule has 0 amide bonds. The summed E-state index contributed by atoms with van der Waals surface area (Å²) in [5.41, 5.74) is 2.97. The third-order valence-electron chi connectivity index (χ3n) is 6.99. The Labute approximate surface area is 272 Å². The fourth-order valence-electron chi connectivity index (χ4n) is 5.10. The van der Waals surface area contributed by atoms with Gasteiger partial charge in [0.05, 0.1) is 0 Å². The van der Waals surface area contributed by atoms with Gasteiger partial charge in [-0.25, -0.2) is 0 Å². The number of halogens is 2. The minimum Gasteiger partial charge on any atom is -1.00 e. The summed E-state index contributed by atoms with van der Waals surface area (Å²) in [6.45, 7) is 11.2. The molecule has 0 radical (unpaired) electrons. The van der Waals surface area contributed by atoms with Crippen LogP contribution in [0.1, 0.15) is 57.1 Å². The van der Waals surface area contributed by atoms with Crippen LogP contribution in [0, 0.1) is 13.8 Å². The summed E-state index contributed by atoms with van der Waals surface area (Å²) >= 11 is 0. The second kappa shape index (κ2) is 18.5. The zero-order chi connectivity index (χ0) is 26.0. The number of unbranched alkanes of at least 4 members (excludes halogenated alkanes) is 2. The molecule has 0 saturated heterocycles. The van der Waals surface area contributed by atoms with Gasteiger partial charge < -0.3 is 45.1 Å². The Kier molecular flexibility index (Phi) is 16.7. The second-order valence-corrected chi connectivity index (χ2v) is 9.87. The molecule has 0 spiro atoms. The molecule has 40 heavy (non-hydrogen) atoms. The number of aryl methyl sites for hydroxylation is 2. The van der Waals surface area contributed by atoms with E-state index < -0.39 is 0 Å². The summed E-state index contributed by atoms with van der Waals surface area (Å²) in [4.78, 5) is 0. The van der Waals surface area contributed by atoms with E-state index in [1.54, 1.807) is 0 Å². The van der Waals surface area contributed by atoms with Crippen molar-refractivity contribution in [3.8, 4) is 0 Å². The predicted molar refractivity (Wildman–Crippen MR) is 167 cm³/mol. The first-order chi connectivity index (χ1) is 18.2. The van der Waals surface area contributed by atoms with Gasteiger partial charge >= 0.3 is 0 Å². The molecule has 0 bridgehead atoms. The van der Waals surface area contributed by atoms with E-state index in [9.17, 15) is 0 Å². The van der Waals surface area contributed by atoms with E-state index in [1.165, 1.54) is 92.7 Å². The topological polar surface area (TPSA) is 0 Å². The van der Waals surface area contributed by atoms with Crippen LogP contribution in [0.3, 0.4) is 0 Å². The monoisotopic (exact) mass is 734 g/mol. The minimum atomic E-state index is 0. The molecule has 6 aromatic carbocycles. The summed E-state index contributed by atoms with van der Waals surface area (Å²) in [5, 5.41) is 11.0. The summed E-state index contributed by atoms with van der Waals surface area (Å²) < 4.78 is 0. The molecule has 0 saturated carbocycles. The Bertz CT molecular complexity index is 1440. The van der Waals surface area contributed by atoms with Crippen LogP contribution in [-0.2, 0) is 38.7 Å². The SMILES string of the molecule is CCCCc1cc2c(ccc3ccccc32)[cH-]1.CCCCc1cc2c(ccc3ccccc32)[cH-]1.[CH2-]C[CH2-].[Cl-].[Cl-].[Hf]. The zero-order valence-corrected chi connectivity index (χ0v) is 29.0. The van der Waals surface area contributed by atoms with Gasteiger partial charge in [0.1, 0.15) is 0 Å². The van der Waals surface area contributed by atoms with Crippen molar-refractivity contribution < 1.29 is 50.7 Å². The molecule has 0 N–H and O–H groups in total. The average Bonchev–Trinajstić information content (AvgIpc) is 3.56. The summed E-state index contributed by atoms with van der Waals surface area (Å²) in [5.74, 6) is 0. The fourth-order valence-corrected chi connectivity index (χ4v) is 5.10. The van der Waals surface area contributed by atoms with Crippen LogP contribution in [0.5, 0.6) is 0 Å². The normalized spacial score (nSPS) is 10.1. The molecule has 3 heteroatoms. The first kappa shape index (κ1) is 36.1. The Morgan fingerprint density at radius 3 is 1.30 bits per heavy atom. The number of hydrogen-bond donors (Lipinski definition) is 0. The Morgan fingerprint density at radius 1 is 0.550 bits per heavy atom. The van der Waals surface area contributed by atoms with Crippen molar-refractivity contribution >= 4 is 43.1 Å². The van der Waals surface area contributed by atoms with Crippen molar-refractivity contribution in [2.45, 2.75) is 58.8 Å². The third kappa shape index (κ3) is 9.04. The van der Waals surface area contributed by atoms with Gasteiger partial charge in [0, 0.05) is 25.8 Å². The molecule has 212 valence electrons. The predicted octanol–water partition coefficient (Wildman–Crippen LogP) is 5.16. The smallest absolute Gasteiger partial charge is 0 e. The van der Waals surface area contributed by atoms with Crippen LogP contribution in [-0.4, -0.2) is 0 Å². The van der Waals surface area contributed by atoms with E-state index in [1.807, 2.05) is 0 Å². The van der Waals surface area contributed by atoms with Gasteiger partial charge in [-0.3, -0.25) is 0 Å². The standard InChI is InChI=1S/2C17H17.C3H6.2ClH.Hf/c2*1-2-3-6-13-11-15-10-9-14-7-4-5-8-16(14)17(15)12-13;1-3-2;;;/h2*4-5,7-12H,2-3,6H2,1H3;1-3H2;2*1H;/q2*-1;-2;;;/p-2. The van der Waals surface area contributed by atoms with E-state index in [-0.39, 0.29) is 50.7 Å². The van der Waals surface area contributed by atoms with Gasteiger partial charge in [0.15, 0.2) is 0 Å². The average molecular weight is 734 g/mol. The molecule has 6 aromatic rings. The van der Waals surface area contributed by atoms with E-state index in [4.69, 9.17) is 0 Å². The number of fused-ring (bicyclic) bond motifs is 6. The molecular weight excluding hydrogens is 694 g/mol. The van der Waals surface area contributed by atoms with Crippen molar-refractivity contribution in [3.05, 3.63) is 122 Å².